The number of aliphatic hydroxyl groups is 1. The van der Waals surface area contributed by atoms with E-state index < -0.39 is 0 Å². The molecule has 0 aromatic rings. The maximum Gasteiger partial charge on any atom is 0.132 e. The van der Waals surface area contributed by atoms with Crippen molar-refractivity contribution < 1.29 is 9.90 Å². The second kappa shape index (κ2) is 7.80. The molecule has 1 N–H and O–H groups in total. The Kier molecular flexibility index (Phi) is 6.65. The molecule has 94 valence electrons. The highest BCUT2D eigenvalue weighted by atomic mass is 16.2. The minimum Gasteiger partial charge on any atom is -0.396 e. The monoisotopic (exact) mass is 227 g/mol. The Morgan fingerprint density at radius 1 is 1.44 bits per heavy atom. The summed E-state index contributed by atoms with van der Waals surface area (Å²) in [5.41, 5.74) is 0. The number of rotatable bonds is 8. The van der Waals surface area contributed by atoms with Crippen LogP contribution in [0.25, 0.3) is 0 Å². The molecule has 0 amide bonds. The molecule has 1 aliphatic heterocycles. The average Bonchev–Trinajstić information content (AvgIpc) is 2.73. The van der Waals surface area contributed by atoms with Crippen molar-refractivity contribution in [1.82, 2.24) is 4.90 Å². The van der Waals surface area contributed by atoms with Gasteiger partial charge < -0.3 is 10.0 Å². The van der Waals surface area contributed by atoms with Crippen molar-refractivity contribution in [2.75, 3.05) is 19.7 Å². The Hall–Kier alpha value is -0.410. The first-order valence-corrected chi connectivity index (χ1v) is 6.64. The lowest BCUT2D eigenvalue weighted by molar-refractivity contribution is -0.118. The van der Waals surface area contributed by atoms with Gasteiger partial charge in [-0.1, -0.05) is 6.92 Å². The van der Waals surface area contributed by atoms with Crippen LogP contribution in [0.4, 0.5) is 0 Å². The molecule has 0 radical (unpaired) electrons. The molecule has 1 unspecified atom stereocenters. The molecular formula is C13H25NO2. The van der Waals surface area contributed by atoms with Gasteiger partial charge in [0.05, 0.1) is 0 Å². The van der Waals surface area contributed by atoms with Crippen LogP contribution < -0.4 is 0 Å². The third-order valence-corrected chi connectivity index (χ3v) is 3.49. The van der Waals surface area contributed by atoms with Gasteiger partial charge in [0.1, 0.15) is 5.78 Å². The van der Waals surface area contributed by atoms with Crippen LogP contribution in [-0.4, -0.2) is 41.5 Å². The van der Waals surface area contributed by atoms with E-state index in [0.717, 1.165) is 32.2 Å². The van der Waals surface area contributed by atoms with Crippen LogP contribution in [0.3, 0.4) is 0 Å². The first kappa shape index (κ1) is 13.7. The van der Waals surface area contributed by atoms with Crippen LogP contribution in [0, 0.1) is 0 Å². The smallest absolute Gasteiger partial charge is 0.132 e. The number of Topliss-reactive ketones (excluding diaryl/α,β-unsaturated/α-hetero) is 1. The second-order valence-electron chi connectivity index (χ2n) is 4.69. The number of carbonyl (C=O) groups is 1. The van der Waals surface area contributed by atoms with E-state index in [1.165, 1.54) is 19.4 Å². The van der Waals surface area contributed by atoms with Crippen LogP contribution in [0.1, 0.15) is 51.9 Å². The topological polar surface area (TPSA) is 40.5 Å². The van der Waals surface area contributed by atoms with Gasteiger partial charge in [-0.3, -0.25) is 4.79 Å². The highest BCUT2D eigenvalue weighted by molar-refractivity contribution is 5.77. The molecule has 16 heavy (non-hydrogen) atoms. The van der Waals surface area contributed by atoms with Crippen LogP contribution in [0.15, 0.2) is 0 Å². The molecule has 1 rings (SSSR count). The molecule has 3 heteroatoms. The quantitative estimate of drug-likeness (QED) is 0.689. The predicted octanol–water partition coefficient (Wildman–Crippen LogP) is 1.98. The summed E-state index contributed by atoms with van der Waals surface area (Å²) in [5, 5.41) is 8.83. The lowest BCUT2D eigenvalue weighted by atomic mass is 10.1. The van der Waals surface area contributed by atoms with Crippen molar-refractivity contribution in [2.24, 2.45) is 0 Å². The van der Waals surface area contributed by atoms with Gasteiger partial charge in [0.15, 0.2) is 0 Å². The standard InChI is InChI=1S/C13H25NO2/c1-2-13(16)8-4-10-14-9-3-6-12(14)7-5-11-15/h12,15H,2-11H2,1H3. The van der Waals surface area contributed by atoms with Gasteiger partial charge in [0.2, 0.25) is 0 Å². The minimum absolute atomic E-state index is 0.304. The third-order valence-electron chi connectivity index (χ3n) is 3.49. The van der Waals surface area contributed by atoms with Crippen molar-refractivity contribution in [3.05, 3.63) is 0 Å². The molecule has 1 aliphatic rings. The van der Waals surface area contributed by atoms with Crippen LogP contribution >= 0.6 is 0 Å². The van der Waals surface area contributed by atoms with E-state index in [4.69, 9.17) is 5.11 Å². The molecule has 0 bridgehead atoms. The van der Waals surface area contributed by atoms with Crippen molar-refractivity contribution >= 4 is 5.78 Å². The summed E-state index contributed by atoms with van der Waals surface area (Å²) in [7, 11) is 0. The van der Waals surface area contributed by atoms with E-state index in [2.05, 4.69) is 4.90 Å². The normalized spacial score (nSPS) is 21.5. The average molecular weight is 227 g/mol. The Balaban J connectivity index is 2.16. The summed E-state index contributed by atoms with van der Waals surface area (Å²) < 4.78 is 0. The minimum atomic E-state index is 0.304. The molecule has 0 aliphatic carbocycles. The Bertz CT molecular complexity index is 206. The van der Waals surface area contributed by atoms with Crippen LogP contribution in [-0.2, 0) is 4.79 Å². The Labute approximate surface area is 98.8 Å². The number of hydrogen-bond acceptors (Lipinski definition) is 3. The van der Waals surface area contributed by atoms with Gasteiger partial charge in [-0.25, -0.2) is 0 Å². The molecular weight excluding hydrogens is 202 g/mol. The summed E-state index contributed by atoms with van der Waals surface area (Å²) in [5.74, 6) is 0.381. The van der Waals surface area contributed by atoms with E-state index in [-0.39, 0.29) is 0 Å². The summed E-state index contributed by atoms with van der Waals surface area (Å²) in [6, 6.07) is 0.656. The van der Waals surface area contributed by atoms with Gasteiger partial charge in [0, 0.05) is 25.5 Å². The SMILES string of the molecule is CCC(=O)CCCN1CCCC1CCCO. The largest absolute Gasteiger partial charge is 0.396 e. The maximum absolute atomic E-state index is 11.2. The number of nitrogens with zero attached hydrogens (tertiary/aromatic N) is 1. The van der Waals surface area contributed by atoms with Gasteiger partial charge >= 0.3 is 0 Å². The van der Waals surface area contributed by atoms with Crippen LogP contribution in [0.5, 0.6) is 0 Å². The van der Waals surface area contributed by atoms with Gasteiger partial charge in [-0.2, -0.15) is 0 Å². The number of ketones is 1. The fourth-order valence-corrected chi connectivity index (χ4v) is 2.50. The zero-order chi connectivity index (χ0) is 11.8. The molecule has 3 nitrogen and oxygen atoms in total. The van der Waals surface area contributed by atoms with Gasteiger partial charge in [-0.15, -0.1) is 0 Å². The summed E-state index contributed by atoms with van der Waals surface area (Å²) in [4.78, 5) is 13.7. The Morgan fingerprint density at radius 3 is 2.94 bits per heavy atom. The first-order valence-electron chi connectivity index (χ1n) is 6.64. The molecule has 0 aromatic carbocycles. The molecule has 1 saturated heterocycles. The third kappa shape index (κ3) is 4.62. The zero-order valence-corrected chi connectivity index (χ0v) is 10.5. The zero-order valence-electron chi connectivity index (χ0n) is 10.5. The number of carbonyl (C=O) groups excluding carboxylic acids is 1. The predicted molar refractivity (Wildman–Crippen MR) is 65.4 cm³/mol. The first-order chi connectivity index (χ1) is 7.77. The van der Waals surface area contributed by atoms with Gasteiger partial charge in [0.25, 0.3) is 0 Å². The second-order valence-corrected chi connectivity index (χ2v) is 4.69. The van der Waals surface area contributed by atoms with E-state index >= 15 is 0 Å². The molecule has 1 fully saturated rings. The fraction of sp³-hybridized carbons (Fsp3) is 0.923. The number of aliphatic hydroxyl groups excluding tert-OH is 1. The van der Waals surface area contributed by atoms with Crippen molar-refractivity contribution in [1.29, 1.82) is 0 Å². The van der Waals surface area contributed by atoms with Gasteiger partial charge in [-0.05, 0) is 45.2 Å². The Morgan fingerprint density at radius 2 is 2.25 bits per heavy atom. The summed E-state index contributed by atoms with van der Waals surface area (Å²) >= 11 is 0. The molecule has 0 aromatic heterocycles. The highest BCUT2D eigenvalue weighted by Gasteiger charge is 2.23. The molecule has 1 atom stereocenters. The molecule has 0 spiro atoms. The van der Waals surface area contributed by atoms with Crippen molar-refractivity contribution in [2.45, 2.75) is 57.9 Å². The van der Waals surface area contributed by atoms with Crippen molar-refractivity contribution in [3.8, 4) is 0 Å². The van der Waals surface area contributed by atoms with E-state index in [1.54, 1.807) is 0 Å². The number of likely N-dealkylation sites (tertiary alicyclic amines) is 1. The van der Waals surface area contributed by atoms with Crippen molar-refractivity contribution in [3.63, 3.8) is 0 Å². The lowest BCUT2D eigenvalue weighted by Gasteiger charge is -2.24. The molecule has 0 saturated carbocycles. The van der Waals surface area contributed by atoms with E-state index in [0.29, 0.717) is 24.9 Å². The highest BCUT2D eigenvalue weighted by Crippen LogP contribution is 2.21. The lowest BCUT2D eigenvalue weighted by Crippen LogP contribution is -2.30. The van der Waals surface area contributed by atoms with E-state index in [1.807, 2.05) is 6.92 Å². The molecule has 1 heterocycles. The maximum atomic E-state index is 11.2. The summed E-state index contributed by atoms with van der Waals surface area (Å²) in [6.45, 7) is 4.47. The fourth-order valence-electron chi connectivity index (χ4n) is 2.50. The number of hydrogen-bond donors (Lipinski definition) is 1. The summed E-state index contributed by atoms with van der Waals surface area (Å²) in [6.07, 6.45) is 6.97. The van der Waals surface area contributed by atoms with E-state index in [9.17, 15) is 4.79 Å². The van der Waals surface area contributed by atoms with Crippen LogP contribution in [0.2, 0.25) is 0 Å².